The molecule has 1 aliphatic heterocycles. The van der Waals surface area contributed by atoms with Crippen LogP contribution in [0, 0.1) is 20.8 Å². The molecule has 3 rings (SSSR count). The molecule has 5 nitrogen and oxygen atoms in total. The molecular formula is C17H19N3O2S. The van der Waals surface area contributed by atoms with Crippen molar-refractivity contribution >= 4 is 23.4 Å². The van der Waals surface area contributed by atoms with E-state index in [0.29, 0.717) is 16.5 Å². The van der Waals surface area contributed by atoms with Crippen molar-refractivity contribution in [2.24, 2.45) is 0 Å². The van der Waals surface area contributed by atoms with Crippen LogP contribution in [0.3, 0.4) is 0 Å². The van der Waals surface area contributed by atoms with Crippen LogP contribution in [-0.2, 0) is 4.79 Å². The van der Waals surface area contributed by atoms with Gasteiger partial charge in [0.25, 0.3) is 5.56 Å². The van der Waals surface area contributed by atoms with Gasteiger partial charge in [-0.25, -0.2) is 4.98 Å². The fourth-order valence-electron chi connectivity index (χ4n) is 2.67. The highest BCUT2D eigenvalue weighted by Crippen LogP contribution is 2.32. The quantitative estimate of drug-likeness (QED) is 0.880. The molecule has 1 aromatic carbocycles. The molecule has 2 heterocycles. The molecule has 2 aromatic rings. The summed E-state index contributed by atoms with van der Waals surface area (Å²) in [6, 6.07) is 5.70. The lowest BCUT2D eigenvalue weighted by Crippen LogP contribution is -2.28. The number of carbonyl (C=O) groups is 1. The second-order valence-corrected chi connectivity index (χ2v) is 6.85. The van der Waals surface area contributed by atoms with Gasteiger partial charge in [-0.15, -0.1) is 0 Å². The third-order valence-corrected chi connectivity index (χ3v) is 5.31. The molecule has 0 saturated heterocycles. The predicted molar refractivity (Wildman–Crippen MR) is 92.2 cm³/mol. The Hall–Kier alpha value is -2.08. The van der Waals surface area contributed by atoms with Crippen molar-refractivity contribution in [3.05, 3.63) is 51.4 Å². The topological polar surface area (TPSA) is 64.0 Å². The summed E-state index contributed by atoms with van der Waals surface area (Å²) in [6.07, 6.45) is 1.87. The van der Waals surface area contributed by atoms with E-state index in [1.807, 2.05) is 32.0 Å². The molecule has 1 atom stereocenters. The molecule has 1 aliphatic rings. The van der Waals surface area contributed by atoms with E-state index in [2.05, 4.69) is 10.3 Å². The second kappa shape index (κ2) is 6.20. The normalized spacial score (nSPS) is 16.2. The van der Waals surface area contributed by atoms with E-state index >= 15 is 0 Å². The summed E-state index contributed by atoms with van der Waals surface area (Å²) in [7, 11) is 0. The minimum atomic E-state index is -0.139. The zero-order valence-corrected chi connectivity index (χ0v) is 14.2. The Balaban J connectivity index is 1.77. The van der Waals surface area contributed by atoms with E-state index < -0.39 is 0 Å². The molecule has 6 heteroatoms. The van der Waals surface area contributed by atoms with Gasteiger partial charge < -0.3 is 5.32 Å². The van der Waals surface area contributed by atoms with Crippen molar-refractivity contribution in [1.82, 2.24) is 9.55 Å². The van der Waals surface area contributed by atoms with Crippen LogP contribution in [0.4, 0.5) is 5.69 Å². The van der Waals surface area contributed by atoms with Gasteiger partial charge in [0, 0.05) is 29.6 Å². The van der Waals surface area contributed by atoms with Crippen molar-refractivity contribution in [3.8, 4) is 0 Å². The minimum absolute atomic E-state index is 0.0514. The van der Waals surface area contributed by atoms with Crippen LogP contribution in [0.15, 0.2) is 34.3 Å². The Morgan fingerprint density at radius 1 is 1.35 bits per heavy atom. The number of hydrogen-bond donors (Lipinski definition) is 1. The first-order valence-corrected chi connectivity index (χ1v) is 8.53. The monoisotopic (exact) mass is 329 g/mol. The summed E-state index contributed by atoms with van der Waals surface area (Å²) < 4.78 is 1.66. The molecule has 1 unspecified atom stereocenters. The van der Waals surface area contributed by atoms with Crippen LogP contribution in [0.1, 0.15) is 29.2 Å². The van der Waals surface area contributed by atoms with Crippen LogP contribution in [0.2, 0.25) is 0 Å². The Bertz CT molecular complexity index is 829. The first-order chi connectivity index (χ1) is 11.0. The number of fused-ring (bicyclic) bond motifs is 1. The third-order valence-electron chi connectivity index (χ3n) is 4.20. The first-order valence-electron chi connectivity index (χ1n) is 7.54. The molecule has 0 aliphatic carbocycles. The summed E-state index contributed by atoms with van der Waals surface area (Å²) in [5.74, 6) is 0.622. The fraction of sp³-hybridized carbons (Fsp3) is 0.353. The average Bonchev–Trinajstić information content (AvgIpc) is 2.91. The van der Waals surface area contributed by atoms with E-state index in [1.165, 1.54) is 11.8 Å². The maximum Gasteiger partial charge on any atom is 0.257 e. The lowest BCUT2D eigenvalue weighted by Gasteiger charge is -2.15. The van der Waals surface area contributed by atoms with Gasteiger partial charge in [0.15, 0.2) is 5.16 Å². The molecule has 1 N–H and O–H groups in total. The minimum Gasteiger partial charge on any atom is -0.326 e. The van der Waals surface area contributed by atoms with Crippen molar-refractivity contribution in [1.29, 1.82) is 0 Å². The van der Waals surface area contributed by atoms with Gasteiger partial charge in [0.2, 0.25) is 5.91 Å². The number of thioether (sulfide) groups is 1. The van der Waals surface area contributed by atoms with E-state index in [9.17, 15) is 9.59 Å². The highest BCUT2D eigenvalue weighted by molar-refractivity contribution is 7.99. The number of aromatic nitrogens is 2. The largest absolute Gasteiger partial charge is 0.326 e. The lowest BCUT2D eigenvalue weighted by molar-refractivity contribution is -0.116. The highest BCUT2D eigenvalue weighted by Gasteiger charge is 2.27. The van der Waals surface area contributed by atoms with Crippen LogP contribution in [-0.4, -0.2) is 21.2 Å². The number of anilines is 1. The molecule has 0 spiro atoms. The van der Waals surface area contributed by atoms with Gasteiger partial charge in [-0.1, -0.05) is 23.9 Å². The molecule has 0 fully saturated rings. The molecule has 120 valence electrons. The summed E-state index contributed by atoms with van der Waals surface area (Å²) in [4.78, 5) is 29.0. The summed E-state index contributed by atoms with van der Waals surface area (Å²) in [6.45, 7) is 5.76. The van der Waals surface area contributed by atoms with Gasteiger partial charge in [-0.3, -0.25) is 14.2 Å². The van der Waals surface area contributed by atoms with E-state index in [0.717, 1.165) is 16.8 Å². The molecule has 1 amide bonds. The number of carbonyl (C=O) groups excluding carboxylic acids is 1. The summed E-state index contributed by atoms with van der Waals surface area (Å²) in [5.41, 5.74) is 3.59. The van der Waals surface area contributed by atoms with Gasteiger partial charge in [-0.2, -0.15) is 0 Å². The lowest BCUT2D eigenvalue weighted by atomic mass is 10.1. The molecule has 23 heavy (non-hydrogen) atoms. The number of nitrogens with zero attached hydrogens (tertiary/aromatic N) is 2. The second-order valence-electron chi connectivity index (χ2n) is 5.86. The zero-order valence-electron chi connectivity index (χ0n) is 13.4. The average molecular weight is 329 g/mol. The SMILES string of the molecule is Cc1cccc(NC(=O)CC2CSc3ncc(C)c(=O)n32)c1C. The van der Waals surface area contributed by atoms with Crippen LogP contribution in [0.25, 0.3) is 0 Å². The summed E-state index contributed by atoms with van der Waals surface area (Å²) >= 11 is 1.52. The van der Waals surface area contributed by atoms with Gasteiger partial charge in [-0.05, 0) is 38.0 Å². The van der Waals surface area contributed by atoms with Crippen molar-refractivity contribution in [2.45, 2.75) is 38.4 Å². The van der Waals surface area contributed by atoms with E-state index in [-0.39, 0.29) is 23.9 Å². The maximum absolute atomic E-state index is 12.4. The number of hydrogen-bond acceptors (Lipinski definition) is 4. The fourth-order valence-corrected chi connectivity index (χ4v) is 3.78. The Kier molecular flexibility index (Phi) is 4.26. The molecule has 1 aromatic heterocycles. The number of rotatable bonds is 3. The van der Waals surface area contributed by atoms with E-state index in [4.69, 9.17) is 0 Å². The van der Waals surface area contributed by atoms with Crippen molar-refractivity contribution in [3.63, 3.8) is 0 Å². The van der Waals surface area contributed by atoms with Crippen molar-refractivity contribution < 1.29 is 4.79 Å². The number of amides is 1. The number of nitrogens with one attached hydrogen (secondary N) is 1. The van der Waals surface area contributed by atoms with Gasteiger partial charge in [0.1, 0.15) is 0 Å². The highest BCUT2D eigenvalue weighted by atomic mass is 32.2. The number of aryl methyl sites for hydroxylation is 2. The van der Waals surface area contributed by atoms with E-state index in [1.54, 1.807) is 17.7 Å². The third kappa shape index (κ3) is 3.03. The van der Waals surface area contributed by atoms with Crippen LogP contribution < -0.4 is 10.9 Å². The molecule has 0 saturated carbocycles. The van der Waals surface area contributed by atoms with Crippen LogP contribution in [0.5, 0.6) is 0 Å². The maximum atomic E-state index is 12.4. The Morgan fingerprint density at radius 3 is 2.91 bits per heavy atom. The zero-order chi connectivity index (χ0) is 16.6. The molecular weight excluding hydrogens is 310 g/mol. The summed E-state index contributed by atoms with van der Waals surface area (Å²) in [5, 5.41) is 3.66. The standard InChI is InChI=1S/C17H19N3O2S/c1-10-5-4-6-14(12(10)3)19-15(21)7-13-9-23-17-18-8-11(2)16(22)20(13)17/h4-6,8,13H,7,9H2,1-3H3,(H,19,21). The first kappa shape index (κ1) is 15.8. The van der Waals surface area contributed by atoms with Gasteiger partial charge in [0.05, 0.1) is 6.04 Å². The molecule has 0 bridgehead atoms. The van der Waals surface area contributed by atoms with Gasteiger partial charge >= 0.3 is 0 Å². The smallest absolute Gasteiger partial charge is 0.257 e. The van der Waals surface area contributed by atoms with Crippen molar-refractivity contribution in [2.75, 3.05) is 11.1 Å². The predicted octanol–water partition coefficient (Wildman–Crippen LogP) is 2.84. The Labute approximate surface area is 139 Å². The van der Waals surface area contributed by atoms with Crippen LogP contribution >= 0.6 is 11.8 Å². The Morgan fingerprint density at radius 2 is 2.13 bits per heavy atom. The number of benzene rings is 1. The molecule has 0 radical (unpaired) electrons.